The van der Waals surface area contributed by atoms with Crippen LogP contribution in [0.5, 0.6) is 0 Å². The van der Waals surface area contributed by atoms with Gasteiger partial charge in [-0.3, -0.25) is 0 Å². The summed E-state index contributed by atoms with van der Waals surface area (Å²) in [5.74, 6) is 0. The molecule has 0 aliphatic heterocycles. The van der Waals surface area contributed by atoms with Crippen LogP contribution in [0, 0.1) is 0 Å². The lowest BCUT2D eigenvalue weighted by Gasteiger charge is -2.32. The fourth-order valence-corrected chi connectivity index (χ4v) is 12.5. The summed E-state index contributed by atoms with van der Waals surface area (Å²) in [6.07, 6.45) is 0. The molecule has 0 heterocycles. The van der Waals surface area contributed by atoms with Crippen LogP contribution in [0.1, 0.15) is 47.2 Å². The predicted molar refractivity (Wildman–Crippen MR) is 273 cm³/mol. The molecule has 1 spiro atoms. The Morgan fingerprint density at radius 2 is 0.677 bits per heavy atom. The molecule has 0 bridgehead atoms. The third-order valence-corrected chi connectivity index (χ3v) is 15.3. The highest BCUT2D eigenvalue weighted by Crippen LogP contribution is 2.64. The van der Waals surface area contributed by atoms with Gasteiger partial charge in [0.15, 0.2) is 0 Å². The van der Waals surface area contributed by atoms with Gasteiger partial charge in [0, 0.05) is 22.5 Å². The fourth-order valence-electron chi connectivity index (χ4n) is 12.5. The summed E-state index contributed by atoms with van der Waals surface area (Å²) in [4.78, 5) is 2.47. The van der Waals surface area contributed by atoms with Crippen molar-refractivity contribution in [2.75, 3.05) is 4.90 Å². The summed E-state index contributed by atoms with van der Waals surface area (Å²) in [6, 6.07) is 84.5. The molecule has 0 saturated heterocycles. The van der Waals surface area contributed by atoms with Crippen molar-refractivity contribution in [2.45, 2.75) is 24.7 Å². The lowest BCUT2D eigenvalue weighted by atomic mass is 9.68. The third-order valence-electron chi connectivity index (χ3n) is 15.3. The van der Waals surface area contributed by atoms with E-state index < -0.39 is 5.41 Å². The second kappa shape index (κ2) is 13.3. The van der Waals surface area contributed by atoms with Crippen molar-refractivity contribution in [3.05, 3.63) is 258 Å². The molecule has 11 aromatic carbocycles. The van der Waals surface area contributed by atoms with E-state index in [-0.39, 0.29) is 5.41 Å². The molecule has 0 amide bonds. The van der Waals surface area contributed by atoms with Crippen LogP contribution in [0.3, 0.4) is 0 Å². The second-order valence-corrected chi connectivity index (χ2v) is 18.7. The van der Waals surface area contributed by atoms with Gasteiger partial charge in [0.1, 0.15) is 0 Å². The van der Waals surface area contributed by atoms with Crippen LogP contribution < -0.4 is 4.90 Å². The zero-order valence-corrected chi connectivity index (χ0v) is 36.3. The van der Waals surface area contributed by atoms with Gasteiger partial charge in [0.05, 0.1) is 5.41 Å². The first kappa shape index (κ1) is 36.5. The highest BCUT2D eigenvalue weighted by Gasteiger charge is 2.52. The molecular formula is C64H43N. The van der Waals surface area contributed by atoms with E-state index in [2.05, 4.69) is 243 Å². The van der Waals surface area contributed by atoms with Gasteiger partial charge in [0.25, 0.3) is 0 Å². The van der Waals surface area contributed by atoms with E-state index in [4.69, 9.17) is 0 Å². The Labute approximate surface area is 379 Å². The van der Waals surface area contributed by atoms with Gasteiger partial charge in [-0.05, 0) is 147 Å². The molecule has 14 rings (SSSR count). The second-order valence-electron chi connectivity index (χ2n) is 18.7. The normalized spacial score (nSPS) is 14.2. The molecule has 304 valence electrons. The first-order chi connectivity index (χ1) is 32.0. The average molecular weight is 826 g/mol. The van der Waals surface area contributed by atoms with Crippen LogP contribution in [0.15, 0.2) is 224 Å². The van der Waals surface area contributed by atoms with E-state index in [9.17, 15) is 0 Å². The smallest absolute Gasteiger partial charge is 0.0731 e. The van der Waals surface area contributed by atoms with E-state index in [1.807, 2.05) is 0 Å². The van der Waals surface area contributed by atoms with Gasteiger partial charge in [-0.2, -0.15) is 0 Å². The monoisotopic (exact) mass is 825 g/mol. The number of hydrogen-bond acceptors (Lipinski definition) is 1. The average Bonchev–Trinajstić information content (AvgIpc) is 3.93. The Morgan fingerprint density at radius 1 is 0.277 bits per heavy atom. The molecule has 0 fully saturated rings. The Morgan fingerprint density at radius 3 is 1.28 bits per heavy atom. The molecule has 3 aliphatic carbocycles. The van der Waals surface area contributed by atoms with Gasteiger partial charge in [-0.25, -0.2) is 0 Å². The fraction of sp³-hybridized carbons (Fsp3) is 0.0625. The lowest BCUT2D eigenvalue weighted by Crippen LogP contribution is -2.26. The standard InChI is InChI=1S/C64H43N/c1-63(2)57-26-11-7-20-50(57)54-37-35-43(39-61(54)63)65(42-34-36-49-47-18-4-3-16-45(47)46-17-5-6-19-48(46)56(49)38-42)41-32-30-40(31-33-41)44-24-15-25-55-53-23-10-14-29-60(53)64(62(44)55)58-27-12-8-21-51(58)52-22-9-13-28-59(52)64/h3-39H,1-2H3. The van der Waals surface area contributed by atoms with E-state index >= 15 is 0 Å². The summed E-state index contributed by atoms with van der Waals surface area (Å²) < 4.78 is 0. The van der Waals surface area contributed by atoms with Crippen LogP contribution in [0.4, 0.5) is 17.1 Å². The quantitative estimate of drug-likeness (QED) is 0.160. The minimum atomic E-state index is -0.423. The van der Waals surface area contributed by atoms with E-state index in [0.29, 0.717) is 0 Å². The van der Waals surface area contributed by atoms with Crippen LogP contribution in [0.2, 0.25) is 0 Å². The third kappa shape index (κ3) is 4.82. The minimum Gasteiger partial charge on any atom is -0.310 e. The van der Waals surface area contributed by atoms with E-state index in [1.54, 1.807) is 0 Å². The van der Waals surface area contributed by atoms with Crippen LogP contribution in [-0.4, -0.2) is 0 Å². The predicted octanol–water partition coefficient (Wildman–Crippen LogP) is 16.9. The summed E-state index contributed by atoms with van der Waals surface area (Å²) >= 11 is 0. The number of rotatable bonds is 4. The molecular weight excluding hydrogens is 783 g/mol. The number of benzene rings is 11. The Bertz CT molecular complexity index is 3710. The highest BCUT2D eigenvalue weighted by atomic mass is 15.1. The summed E-state index contributed by atoms with van der Waals surface area (Å²) in [6.45, 7) is 4.75. The van der Waals surface area contributed by atoms with Crippen molar-refractivity contribution in [2.24, 2.45) is 0 Å². The Hall–Kier alpha value is -8.00. The topological polar surface area (TPSA) is 3.24 Å². The van der Waals surface area contributed by atoms with Crippen LogP contribution >= 0.6 is 0 Å². The zero-order valence-electron chi connectivity index (χ0n) is 36.3. The molecule has 0 N–H and O–H groups in total. The Balaban J connectivity index is 0.977. The minimum absolute atomic E-state index is 0.130. The molecule has 0 radical (unpaired) electrons. The maximum atomic E-state index is 2.47. The van der Waals surface area contributed by atoms with E-state index in [1.165, 1.54) is 110 Å². The molecule has 0 saturated carbocycles. The maximum absolute atomic E-state index is 2.47. The number of hydrogen-bond donors (Lipinski definition) is 0. The molecule has 0 unspecified atom stereocenters. The van der Waals surface area contributed by atoms with Crippen molar-refractivity contribution < 1.29 is 0 Å². The first-order valence-corrected chi connectivity index (χ1v) is 22.9. The molecule has 3 aliphatic rings. The van der Waals surface area contributed by atoms with Gasteiger partial charge in [-0.15, -0.1) is 0 Å². The highest BCUT2D eigenvalue weighted by molar-refractivity contribution is 6.25. The molecule has 1 heteroatoms. The van der Waals surface area contributed by atoms with Gasteiger partial charge < -0.3 is 4.90 Å². The number of anilines is 3. The van der Waals surface area contributed by atoms with Crippen molar-refractivity contribution in [1.29, 1.82) is 0 Å². The van der Waals surface area contributed by atoms with E-state index in [0.717, 1.165) is 17.1 Å². The Kier molecular flexibility index (Phi) is 7.45. The molecule has 0 atom stereocenters. The van der Waals surface area contributed by atoms with Crippen molar-refractivity contribution in [3.8, 4) is 44.5 Å². The zero-order chi connectivity index (χ0) is 43.0. The van der Waals surface area contributed by atoms with Crippen molar-refractivity contribution in [3.63, 3.8) is 0 Å². The van der Waals surface area contributed by atoms with Crippen molar-refractivity contribution in [1.82, 2.24) is 0 Å². The van der Waals surface area contributed by atoms with Crippen LogP contribution in [-0.2, 0) is 10.8 Å². The maximum Gasteiger partial charge on any atom is 0.0731 e. The van der Waals surface area contributed by atoms with Gasteiger partial charge in [0.2, 0.25) is 0 Å². The first-order valence-electron chi connectivity index (χ1n) is 22.9. The number of nitrogens with zero attached hydrogens (tertiary/aromatic N) is 1. The summed E-state index contributed by atoms with van der Waals surface area (Å²) in [7, 11) is 0. The summed E-state index contributed by atoms with van der Waals surface area (Å²) in [5.41, 5.74) is 21.5. The number of fused-ring (bicyclic) bond motifs is 19. The molecule has 0 aromatic heterocycles. The molecule has 65 heavy (non-hydrogen) atoms. The largest absolute Gasteiger partial charge is 0.310 e. The van der Waals surface area contributed by atoms with Crippen LogP contribution in [0.25, 0.3) is 76.8 Å². The molecule has 11 aromatic rings. The van der Waals surface area contributed by atoms with Crippen molar-refractivity contribution >= 4 is 49.4 Å². The molecule has 1 nitrogen and oxygen atoms in total. The SMILES string of the molecule is CC1(C)c2ccccc2-c2ccc(N(c3ccc(-c4cccc5c4C4(c6ccccc6-c6ccccc64)c4ccccc4-5)cc3)c3ccc4c5ccccc5c5ccccc5c4c3)cc21. The lowest BCUT2D eigenvalue weighted by molar-refractivity contribution is 0.660. The van der Waals surface area contributed by atoms with Gasteiger partial charge >= 0.3 is 0 Å². The van der Waals surface area contributed by atoms with Gasteiger partial charge in [-0.1, -0.05) is 202 Å². The summed E-state index contributed by atoms with van der Waals surface area (Å²) in [5, 5.41) is 7.65.